The lowest BCUT2D eigenvalue weighted by atomic mass is 9.72. The van der Waals surface area contributed by atoms with Crippen molar-refractivity contribution < 1.29 is 29.6 Å². The van der Waals surface area contributed by atoms with Gasteiger partial charge < -0.3 is 34.6 Å². The summed E-state index contributed by atoms with van der Waals surface area (Å²) in [7, 11) is 1.60. The number of carbonyl (C=O) groups excluding carboxylic acids is 1. The number of aryl methyl sites for hydroxylation is 4. The Morgan fingerprint density at radius 3 is 2.20 bits per heavy atom. The second kappa shape index (κ2) is 14.5. The van der Waals surface area contributed by atoms with Gasteiger partial charge in [-0.3, -0.25) is 4.79 Å². The summed E-state index contributed by atoms with van der Waals surface area (Å²) < 4.78 is 12.8. The summed E-state index contributed by atoms with van der Waals surface area (Å²) in [5, 5.41) is 29.8. The third kappa shape index (κ3) is 7.77. The van der Waals surface area contributed by atoms with Gasteiger partial charge in [0.05, 0.1) is 32.9 Å². The minimum absolute atomic E-state index is 0.0259. The minimum atomic E-state index is -1.47. The molecule has 0 unspecified atom stereocenters. The maximum Gasteiger partial charge on any atom is 0.253 e. The van der Waals surface area contributed by atoms with Gasteiger partial charge in [0.15, 0.2) is 17.6 Å². The number of nitrogens with zero attached hydrogens (tertiary/aromatic N) is 4. The molecule has 2 saturated heterocycles. The number of amides is 1. The first-order valence-corrected chi connectivity index (χ1v) is 15.9. The van der Waals surface area contributed by atoms with E-state index in [2.05, 4.69) is 57.6 Å². The second-order valence-corrected chi connectivity index (χ2v) is 13.2. The number of carbonyl (C=O) groups is 1. The fourth-order valence-corrected chi connectivity index (χ4v) is 6.08. The Kier molecular flexibility index (Phi) is 11.1. The van der Waals surface area contributed by atoms with E-state index in [9.17, 15) is 20.1 Å². The maximum absolute atomic E-state index is 12.6. The topological polar surface area (TPSA) is 128 Å². The fraction of sp³-hybridized carbons (Fsp3) is 0.500. The van der Waals surface area contributed by atoms with Gasteiger partial charge in [0.25, 0.3) is 5.91 Å². The fourth-order valence-electron chi connectivity index (χ4n) is 5.64. The molecular formula is C34H45BrN4O6. The second-order valence-electron chi connectivity index (χ2n) is 12.4. The highest BCUT2D eigenvalue weighted by molar-refractivity contribution is 9.10. The number of aromatic nitrogens is 2. The molecule has 1 aromatic carbocycles. The zero-order chi connectivity index (χ0) is 33.1. The third-order valence-electron chi connectivity index (χ3n) is 9.21. The van der Waals surface area contributed by atoms with Crippen molar-refractivity contribution in [2.75, 3.05) is 44.8 Å². The van der Waals surface area contributed by atoms with Crippen LogP contribution in [0.2, 0.25) is 0 Å². The molecule has 244 valence electrons. The summed E-state index contributed by atoms with van der Waals surface area (Å²) in [4.78, 5) is 24.9. The van der Waals surface area contributed by atoms with Crippen LogP contribution >= 0.6 is 15.9 Å². The number of benzene rings is 1. The Labute approximate surface area is 274 Å². The molecule has 4 atom stereocenters. The average molecular weight is 686 g/mol. The Morgan fingerprint density at radius 1 is 1.00 bits per heavy atom. The van der Waals surface area contributed by atoms with E-state index in [1.807, 2.05) is 50.5 Å². The van der Waals surface area contributed by atoms with Gasteiger partial charge in [0.2, 0.25) is 0 Å². The minimum Gasteiger partial charge on any atom is -0.493 e. The molecule has 4 heterocycles. The Bertz CT molecular complexity index is 1500. The van der Waals surface area contributed by atoms with Crippen molar-refractivity contribution in [2.24, 2.45) is 5.41 Å². The van der Waals surface area contributed by atoms with E-state index in [1.165, 1.54) is 21.6 Å². The van der Waals surface area contributed by atoms with Gasteiger partial charge in [-0.1, -0.05) is 13.0 Å². The van der Waals surface area contributed by atoms with Gasteiger partial charge in [-0.25, -0.2) is 9.97 Å². The zero-order valence-electron chi connectivity index (χ0n) is 27.1. The molecular weight excluding hydrogens is 640 g/mol. The third-order valence-corrected chi connectivity index (χ3v) is 9.64. The predicted octanol–water partition coefficient (Wildman–Crippen LogP) is 4.10. The molecule has 2 fully saturated rings. The van der Waals surface area contributed by atoms with Gasteiger partial charge in [-0.05, 0) is 103 Å². The molecule has 0 aliphatic carbocycles. The van der Waals surface area contributed by atoms with E-state index in [1.54, 1.807) is 14.0 Å². The number of halogens is 1. The SMILES string of the molecule is COc1ccc([C@@H]2CN(C(=O)[C@@H](O)CO)C[C@@]2(C)[C@@H](C)O)cc1OC1CN(c2cc(C)c(C)cn2)C1.Cc1cnc(Br)cc1C. The quantitative estimate of drug-likeness (QED) is 0.301. The molecule has 0 radical (unpaired) electrons. The van der Waals surface area contributed by atoms with Gasteiger partial charge in [-0.2, -0.15) is 0 Å². The monoisotopic (exact) mass is 684 g/mol. The van der Waals surface area contributed by atoms with Crippen LogP contribution in [0.25, 0.3) is 0 Å². The molecule has 10 nitrogen and oxygen atoms in total. The molecule has 45 heavy (non-hydrogen) atoms. The maximum atomic E-state index is 12.6. The molecule has 2 aromatic heterocycles. The standard InChI is InChI=1S/C27H37N3O6.C7H8BrN/c1-16-8-25(28-10-17(16)2)29-11-20(12-29)36-24-9-19(6-7-23(24)35-5)21-13-30(26(34)22(33)14-31)15-27(21,4)18(3)32;1-5-3-7(8)9-4-6(5)2/h6-10,18,20-22,31-33H,11-15H2,1-5H3;3-4H,1-2H3/t18-,21+,22+,27+;/m1./s1. The van der Waals surface area contributed by atoms with E-state index in [0.29, 0.717) is 31.1 Å². The number of methoxy groups -OCH3 is 1. The van der Waals surface area contributed by atoms with Crippen molar-refractivity contribution in [3.63, 3.8) is 0 Å². The first-order chi connectivity index (χ1) is 21.3. The number of aliphatic hydroxyl groups is 3. The van der Waals surface area contributed by atoms with Crippen LogP contribution in [0.3, 0.4) is 0 Å². The summed E-state index contributed by atoms with van der Waals surface area (Å²) in [6, 6.07) is 9.80. The highest BCUT2D eigenvalue weighted by Crippen LogP contribution is 2.47. The average Bonchev–Trinajstić information content (AvgIpc) is 3.36. The largest absolute Gasteiger partial charge is 0.493 e. The van der Waals surface area contributed by atoms with Gasteiger partial charge in [0, 0.05) is 36.8 Å². The molecule has 3 N–H and O–H groups in total. The molecule has 5 rings (SSSR count). The highest BCUT2D eigenvalue weighted by Gasteiger charge is 2.49. The van der Waals surface area contributed by atoms with Crippen LogP contribution in [0.4, 0.5) is 5.82 Å². The molecule has 0 bridgehead atoms. The normalized spacial score (nSPS) is 21.0. The number of hydrogen-bond donors (Lipinski definition) is 3. The van der Waals surface area contributed by atoms with Gasteiger partial charge in [-0.15, -0.1) is 0 Å². The molecule has 2 aliphatic rings. The first-order valence-electron chi connectivity index (χ1n) is 15.1. The Balaban J connectivity index is 0.000000440. The molecule has 3 aromatic rings. The lowest BCUT2D eigenvalue weighted by molar-refractivity contribution is -0.141. The number of rotatable bonds is 8. The van der Waals surface area contributed by atoms with Crippen molar-refractivity contribution >= 4 is 27.7 Å². The summed E-state index contributed by atoms with van der Waals surface area (Å²) in [6.07, 6.45) is 1.55. The number of hydrogen-bond acceptors (Lipinski definition) is 9. The van der Waals surface area contributed by atoms with E-state index in [4.69, 9.17) is 9.47 Å². The number of aliphatic hydroxyl groups excluding tert-OH is 3. The van der Waals surface area contributed by atoms with Gasteiger partial charge >= 0.3 is 0 Å². The van der Waals surface area contributed by atoms with Crippen LogP contribution in [0.15, 0.2) is 47.3 Å². The van der Waals surface area contributed by atoms with E-state index in [-0.39, 0.29) is 18.6 Å². The van der Waals surface area contributed by atoms with Crippen molar-refractivity contribution in [1.82, 2.24) is 14.9 Å². The summed E-state index contributed by atoms with van der Waals surface area (Å²) >= 11 is 3.29. The van der Waals surface area contributed by atoms with Crippen molar-refractivity contribution in [3.05, 3.63) is 75.1 Å². The van der Waals surface area contributed by atoms with Crippen molar-refractivity contribution in [3.8, 4) is 11.5 Å². The van der Waals surface area contributed by atoms with Crippen LogP contribution in [0.1, 0.15) is 47.6 Å². The van der Waals surface area contributed by atoms with Crippen molar-refractivity contribution in [1.29, 1.82) is 0 Å². The first kappa shape index (κ1) is 34.6. The van der Waals surface area contributed by atoms with Crippen LogP contribution in [-0.2, 0) is 4.79 Å². The van der Waals surface area contributed by atoms with E-state index < -0.39 is 30.1 Å². The van der Waals surface area contributed by atoms with Crippen LogP contribution in [0, 0.1) is 33.1 Å². The predicted molar refractivity (Wildman–Crippen MR) is 177 cm³/mol. The highest BCUT2D eigenvalue weighted by atomic mass is 79.9. The number of likely N-dealkylation sites (tertiary alicyclic amines) is 1. The summed E-state index contributed by atoms with van der Waals surface area (Å²) in [5.74, 6) is 1.43. The van der Waals surface area contributed by atoms with E-state index in [0.717, 1.165) is 21.5 Å². The summed E-state index contributed by atoms with van der Waals surface area (Å²) in [6.45, 7) is 13.3. The zero-order valence-corrected chi connectivity index (χ0v) is 28.7. The van der Waals surface area contributed by atoms with Gasteiger partial charge in [0.1, 0.15) is 16.5 Å². The van der Waals surface area contributed by atoms with Crippen molar-refractivity contribution in [2.45, 2.75) is 65.8 Å². The number of pyridine rings is 2. The molecule has 0 spiro atoms. The van der Waals surface area contributed by atoms with Crippen LogP contribution in [0.5, 0.6) is 11.5 Å². The lowest BCUT2D eigenvalue weighted by Crippen LogP contribution is -2.54. The molecule has 1 amide bonds. The van der Waals surface area contributed by atoms with Crippen LogP contribution < -0.4 is 14.4 Å². The van der Waals surface area contributed by atoms with E-state index >= 15 is 0 Å². The molecule has 11 heteroatoms. The van der Waals surface area contributed by atoms with Crippen LogP contribution in [-0.4, -0.2) is 94.3 Å². The summed E-state index contributed by atoms with van der Waals surface area (Å²) in [5.41, 5.74) is 5.15. The number of ether oxygens (including phenoxy) is 2. The smallest absolute Gasteiger partial charge is 0.253 e. The number of anilines is 1. The molecule has 2 aliphatic heterocycles. The lowest BCUT2D eigenvalue weighted by Gasteiger charge is -2.40. The Hall–Kier alpha value is -3.25. The Morgan fingerprint density at radius 2 is 1.64 bits per heavy atom. The molecule has 0 saturated carbocycles.